The summed E-state index contributed by atoms with van der Waals surface area (Å²) in [6.45, 7) is 1.48. The lowest BCUT2D eigenvalue weighted by Crippen LogP contribution is -2.49. The Labute approximate surface area is 194 Å². The minimum absolute atomic E-state index is 0.288. The molecule has 1 saturated heterocycles. The Bertz CT molecular complexity index is 1240. The molecule has 1 aliphatic rings. The summed E-state index contributed by atoms with van der Waals surface area (Å²) in [7, 11) is 0. The topological polar surface area (TPSA) is 66.4 Å². The van der Waals surface area contributed by atoms with E-state index in [9.17, 15) is 22.8 Å². The van der Waals surface area contributed by atoms with Gasteiger partial charge in [0.1, 0.15) is 11.5 Å². The molecule has 6 nitrogen and oxygen atoms in total. The third kappa shape index (κ3) is 5.23. The first-order valence-electron chi connectivity index (χ1n) is 10.4. The van der Waals surface area contributed by atoms with E-state index in [-0.39, 0.29) is 18.7 Å². The van der Waals surface area contributed by atoms with E-state index in [0.717, 1.165) is 6.07 Å². The van der Waals surface area contributed by atoms with Crippen LogP contribution in [0.4, 0.5) is 19.0 Å². The van der Waals surface area contributed by atoms with E-state index in [0.29, 0.717) is 42.0 Å². The molecule has 1 aromatic carbocycles. The van der Waals surface area contributed by atoms with Crippen LogP contribution in [0, 0.1) is 11.8 Å². The average Bonchev–Trinajstić information content (AvgIpc) is 2.87. The molecule has 0 atom stereocenters. The van der Waals surface area contributed by atoms with E-state index >= 15 is 0 Å². The van der Waals surface area contributed by atoms with Crippen LogP contribution in [0.5, 0.6) is 0 Å². The molecule has 3 heterocycles. The molecule has 172 valence electrons. The Hall–Kier alpha value is -4.19. The largest absolute Gasteiger partial charge is 0.417 e. The fourth-order valence-electron chi connectivity index (χ4n) is 3.56. The highest BCUT2D eigenvalue weighted by Crippen LogP contribution is 2.32. The normalized spacial score (nSPS) is 13.7. The number of alkyl halides is 3. The zero-order valence-corrected chi connectivity index (χ0v) is 17.9. The summed E-state index contributed by atoms with van der Waals surface area (Å²) < 4.78 is 39.8. The van der Waals surface area contributed by atoms with Crippen molar-refractivity contribution in [3.05, 3.63) is 88.9 Å². The Balaban J connectivity index is 1.38. The predicted octanol–water partition coefficient (Wildman–Crippen LogP) is 3.67. The van der Waals surface area contributed by atoms with Crippen molar-refractivity contribution in [2.24, 2.45) is 0 Å². The Kier molecular flexibility index (Phi) is 6.59. The number of pyridine rings is 2. The third-order valence-electron chi connectivity index (χ3n) is 5.36. The molecule has 0 aliphatic carbocycles. The number of hydrogen-bond acceptors (Lipinski definition) is 5. The molecule has 0 bridgehead atoms. The van der Waals surface area contributed by atoms with Crippen LogP contribution < -0.4 is 4.90 Å². The monoisotopic (exact) mass is 464 g/mol. The van der Waals surface area contributed by atoms with E-state index in [1.807, 2.05) is 17.0 Å². The molecule has 0 spiro atoms. The first kappa shape index (κ1) is 23.0. The Morgan fingerprint density at radius 3 is 2.29 bits per heavy atom. The van der Waals surface area contributed by atoms with Crippen LogP contribution >= 0.6 is 0 Å². The zero-order chi connectivity index (χ0) is 24.1. The lowest BCUT2D eigenvalue weighted by molar-refractivity contribution is -0.138. The van der Waals surface area contributed by atoms with E-state index in [2.05, 4.69) is 21.8 Å². The van der Waals surface area contributed by atoms with Crippen molar-refractivity contribution in [2.45, 2.75) is 6.18 Å². The van der Waals surface area contributed by atoms with Crippen molar-refractivity contribution in [1.29, 1.82) is 0 Å². The smallest absolute Gasteiger partial charge is 0.353 e. The molecule has 2 aromatic heterocycles. The van der Waals surface area contributed by atoms with Gasteiger partial charge in [0, 0.05) is 49.7 Å². The van der Waals surface area contributed by atoms with Gasteiger partial charge in [0.15, 0.2) is 6.29 Å². The van der Waals surface area contributed by atoms with Crippen LogP contribution in [0.1, 0.15) is 37.5 Å². The maximum atomic E-state index is 13.3. The summed E-state index contributed by atoms with van der Waals surface area (Å²) in [6.07, 6.45) is -0.800. The van der Waals surface area contributed by atoms with Gasteiger partial charge in [-0.2, -0.15) is 13.2 Å². The second-order valence-corrected chi connectivity index (χ2v) is 7.57. The summed E-state index contributed by atoms with van der Waals surface area (Å²) in [5.41, 5.74) is 0.434. The standard InChI is InChI=1S/C25H19F3N4O2/c26-25(27,28)22-4-2-1-3-21(22)24(34)32-13-11-31(12-14-32)23-10-7-18(15-30-23)5-8-20-9-6-19(17-33)16-29-20/h1-4,6-7,9-10,15-17H,11-14H2. The minimum atomic E-state index is -4.59. The molecule has 4 rings (SSSR count). The number of carbonyl (C=O) groups excluding carboxylic acids is 2. The van der Waals surface area contributed by atoms with E-state index in [1.165, 1.54) is 29.3 Å². The number of piperazine rings is 1. The number of amides is 1. The molecule has 3 aromatic rings. The lowest BCUT2D eigenvalue weighted by Gasteiger charge is -2.35. The number of carbonyl (C=O) groups is 2. The van der Waals surface area contributed by atoms with Gasteiger partial charge in [-0.3, -0.25) is 9.59 Å². The van der Waals surface area contributed by atoms with Gasteiger partial charge in [-0.15, -0.1) is 0 Å². The van der Waals surface area contributed by atoms with E-state index < -0.39 is 17.6 Å². The van der Waals surface area contributed by atoms with Gasteiger partial charge in [-0.25, -0.2) is 9.97 Å². The summed E-state index contributed by atoms with van der Waals surface area (Å²) in [5, 5.41) is 0. The van der Waals surface area contributed by atoms with Crippen LogP contribution in [0.15, 0.2) is 60.9 Å². The van der Waals surface area contributed by atoms with Crippen molar-refractivity contribution in [2.75, 3.05) is 31.1 Å². The number of anilines is 1. The van der Waals surface area contributed by atoms with Gasteiger partial charge < -0.3 is 9.80 Å². The molecule has 0 N–H and O–H groups in total. The number of rotatable bonds is 3. The van der Waals surface area contributed by atoms with Crippen LogP contribution in [-0.2, 0) is 6.18 Å². The number of nitrogens with zero attached hydrogens (tertiary/aromatic N) is 4. The lowest BCUT2D eigenvalue weighted by atomic mass is 10.1. The third-order valence-corrected chi connectivity index (χ3v) is 5.36. The summed E-state index contributed by atoms with van der Waals surface area (Å²) in [6, 6.07) is 11.8. The summed E-state index contributed by atoms with van der Waals surface area (Å²) in [4.78, 5) is 35.3. The van der Waals surface area contributed by atoms with Gasteiger partial charge in [0.05, 0.1) is 11.1 Å². The highest BCUT2D eigenvalue weighted by Gasteiger charge is 2.36. The Morgan fingerprint density at radius 1 is 0.912 bits per heavy atom. The van der Waals surface area contributed by atoms with Gasteiger partial charge in [-0.1, -0.05) is 18.1 Å². The molecule has 34 heavy (non-hydrogen) atoms. The summed E-state index contributed by atoms with van der Waals surface area (Å²) >= 11 is 0. The van der Waals surface area contributed by atoms with Crippen LogP contribution in [0.25, 0.3) is 0 Å². The molecule has 1 fully saturated rings. The zero-order valence-electron chi connectivity index (χ0n) is 17.9. The quantitative estimate of drug-likeness (QED) is 0.437. The fraction of sp³-hybridized carbons (Fsp3) is 0.200. The van der Waals surface area contributed by atoms with Crippen molar-refractivity contribution in [3.63, 3.8) is 0 Å². The molecule has 1 aliphatic heterocycles. The van der Waals surface area contributed by atoms with Gasteiger partial charge in [0.2, 0.25) is 0 Å². The van der Waals surface area contributed by atoms with Crippen molar-refractivity contribution < 1.29 is 22.8 Å². The van der Waals surface area contributed by atoms with Gasteiger partial charge in [-0.05, 0) is 42.3 Å². The molecule has 9 heteroatoms. The predicted molar refractivity (Wildman–Crippen MR) is 119 cm³/mol. The van der Waals surface area contributed by atoms with Crippen LogP contribution in [0.3, 0.4) is 0 Å². The number of halogens is 3. The second kappa shape index (κ2) is 9.75. The maximum absolute atomic E-state index is 13.3. The Morgan fingerprint density at radius 2 is 1.68 bits per heavy atom. The van der Waals surface area contributed by atoms with E-state index in [1.54, 1.807) is 18.3 Å². The number of hydrogen-bond donors (Lipinski definition) is 0. The first-order valence-corrected chi connectivity index (χ1v) is 10.4. The molecule has 0 radical (unpaired) electrons. The fourth-order valence-corrected chi connectivity index (χ4v) is 3.56. The van der Waals surface area contributed by atoms with Crippen LogP contribution in [-0.4, -0.2) is 53.2 Å². The molecule has 0 saturated carbocycles. The van der Waals surface area contributed by atoms with Crippen molar-refractivity contribution >= 4 is 18.0 Å². The van der Waals surface area contributed by atoms with Crippen molar-refractivity contribution in [1.82, 2.24) is 14.9 Å². The second-order valence-electron chi connectivity index (χ2n) is 7.57. The summed E-state index contributed by atoms with van der Waals surface area (Å²) in [5.74, 6) is 5.94. The van der Waals surface area contributed by atoms with Crippen LogP contribution in [0.2, 0.25) is 0 Å². The SMILES string of the molecule is O=Cc1ccc(C#Cc2ccc(N3CCN(C(=O)c4ccccc4C(F)(F)F)CC3)nc2)nc1. The van der Waals surface area contributed by atoms with E-state index in [4.69, 9.17) is 0 Å². The number of benzene rings is 1. The number of aldehydes is 1. The van der Waals surface area contributed by atoms with Gasteiger partial charge >= 0.3 is 6.18 Å². The molecular weight excluding hydrogens is 445 g/mol. The number of aromatic nitrogens is 2. The highest BCUT2D eigenvalue weighted by atomic mass is 19.4. The maximum Gasteiger partial charge on any atom is 0.417 e. The van der Waals surface area contributed by atoms with Gasteiger partial charge in [0.25, 0.3) is 5.91 Å². The molecular formula is C25H19F3N4O2. The minimum Gasteiger partial charge on any atom is -0.353 e. The first-order chi connectivity index (χ1) is 16.3. The highest BCUT2D eigenvalue weighted by molar-refractivity contribution is 5.96. The average molecular weight is 464 g/mol. The molecule has 0 unspecified atom stereocenters. The van der Waals surface area contributed by atoms with Crippen molar-refractivity contribution in [3.8, 4) is 11.8 Å². The molecule has 1 amide bonds.